The maximum absolute atomic E-state index is 10.7. The summed E-state index contributed by atoms with van der Waals surface area (Å²) in [5.41, 5.74) is 0. The van der Waals surface area contributed by atoms with Gasteiger partial charge in [0.25, 0.3) is 0 Å². The second-order valence-electron chi connectivity index (χ2n) is 2.91. The van der Waals surface area contributed by atoms with Gasteiger partial charge in [0, 0.05) is 13.1 Å². The average Bonchev–Trinajstić information content (AvgIpc) is 2.07. The van der Waals surface area contributed by atoms with E-state index in [1.54, 1.807) is 0 Å². The highest BCUT2D eigenvalue weighted by Crippen LogP contribution is 2.07. The van der Waals surface area contributed by atoms with Crippen LogP contribution in [0, 0.1) is 0 Å². The van der Waals surface area contributed by atoms with E-state index in [0.717, 1.165) is 13.1 Å². The van der Waals surface area contributed by atoms with Crippen molar-refractivity contribution in [1.82, 2.24) is 4.90 Å². The summed E-state index contributed by atoms with van der Waals surface area (Å²) in [5.74, 6) is -0.723. The van der Waals surface area contributed by atoms with Crippen molar-refractivity contribution in [3.63, 3.8) is 0 Å². The summed E-state index contributed by atoms with van der Waals surface area (Å²) in [6.45, 7) is 4.69. The first-order chi connectivity index (χ1) is 5.75. The second-order valence-corrected chi connectivity index (χ2v) is 2.91. The Morgan fingerprint density at radius 1 is 1.43 bits per heavy atom. The molecule has 1 aliphatic heterocycles. The van der Waals surface area contributed by atoms with Crippen LogP contribution in [0.4, 0.5) is 0 Å². The number of carbonyl (C=O) groups is 1. The van der Waals surface area contributed by atoms with Crippen molar-refractivity contribution in [2.45, 2.75) is 19.4 Å². The lowest BCUT2D eigenvalue weighted by molar-refractivity contribution is -0.145. The molecular weight excluding hydrogens is 229 g/mol. The molecule has 0 amide bonds. The van der Waals surface area contributed by atoms with Gasteiger partial charge in [0.2, 0.25) is 0 Å². The van der Waals surface area contributed by atoms with E-state index >= 15 is 0 Å². The average molecular weight is 246 g/mol. The van der Waals surface area contributed by atoms with Crippen LogP contribution in [0.1, 0.15) is 13.3 Å². The van der Waals surface area contributed by atoms with E-state index in [4.69, 9.17) is 9.84 Å². The lowest BCUT2D eigenvalue weighted by Crippen LogP contribution is -2.47. The lowest BCUT2D eigenvalue weighted by Gasteiger charge is -2.31. The minimum atomic E-state index is -0.723. The number of halogens is 2. The van der Waals surface area contributed by atoms with E-state index in [2.05, 4.69) is 0 Å². The minimum absolute atomic E-state index is 0. The predicted octanol–water partition coefficient (Wildman–Crippen LogP) is 1.03. The highest BCUT2D eigenvalue weighted by Gasteiger charge is 2.24. The molecule has 0 saturated carbocycles. The number of carboxylic acid groups (broad SMARTS) is 1. The third-order valence-electron chi connectivity index (χ3n) is 2.16. The topological polar surface area (TPSA) is 49.8 Å². The highest BCUT2D eigenvalue weighted by atomic mass is 35.5. The van der Waals surface area contributed by atoms with Gasteiger partial charge in [-0.2, -0.15) is 0 Å². The standard InChI is InChI=1S/C8H15NO3.2ClH/c1-2-7(8(10)11)9-3-5-12-6-4-9;;/h7H,2-6H2,1H3,(H,10,11);2*1H. The molecular formula is C8H17Cl2NO3. The molecule has 1 saturated heterocycles. The molecule has 1 heterocycles. The molecule has 14 heavy (non-hydrogen) atoms. The first-order valence-electron chi connectivity index (χ1n) is 4.30. The molecule has 4 nitrogen and oxygen atoms in total. The van der Waals surface area contributed by atoms with Gasteiger partial charge >= 0.3 is 5.97 Å². The number of aliphatic carboxylic acids is 1. The molecule has 0 spiro atoms. The molecule has 1 aliphatic rings. The van der Waals surface area contributed by atoms with Crippen molar-refractivity contribution in [3.8, 4) is 0 Å². The fourth-order valence-corrected chi connectivity index (χ4v) is 1.48. The summed E-state index contributed by atoms with van der Waals surface area (Å²) >= 11 is 0. The minimum Gasteiger partial charge on any atom is -0.480 e. The van der Waals surface area contributed by atoms with Crippen molar-refractivity contribution in [3.05, 3.63) is 0 Å². The van der Waals surface area contributed by atoms with Crippen LogP contribution in [0.15, 0.2) is 0 Å². The fourth-order valence-electron chi connectivity index (χ4n) is 1.48. The number of hydrogen-bond donors (Lipinski definition) is 1. The van der Waals surface area contributed by atoms with Gasteiger partial charge in [0.1, 0.15) is 6.04 Å². The normalized spacial score (nSPS) is 18.9. The van der Waals surface area contributed by atoms with Crippen LogP contribution in [0.25, 0.3) is 0 Å². The van der Waals surface area contributed by atoms with Crippen LogP contribution in [0.3, 0.4) is 0 Å². The van der Waals surface area contributed by atoms with Gasteiger partial charge in [-0.15, -0.1) is 24.8 Å². The molecule has 1 fully saturated rings. The number of carboxylic acids is 1. The Labute approximate surface area is 96.4 Å². The Morgan fingerprint density at radius 2 is 1.93 bits per heavy atom. The Kier molecular flexibility index (Phi) is 9.72. The molecule has 1 rings (SSSR count). The van der Waals surface area contributed by atoms with Gasteiger partial charge < -0.3 is 9.84 Å². The van der Waals surface area contributed by atoms with E-state index in [1.807, 2.05) is 11.8 Å². The van der Waals surface area contributed by atoms with Gasteiger partial charge in [0.05, 0.1) is 13.2 Å². The lowest BCUT2D eigenvalue weighted by atomic mass is 10.2. The van der Waals surface area contributed by atoms with E-state index in [-0.39, 0.29) is 30.9 Å². The third-order valence-corrected chi connectivity index (χ3v) is 2.16. The number of morpholine rings is 1. The first-order valence-corrected chi connectivity index (χ1v) is 4.30. The number of hydrogen-bond acceptors (Lipinski definition) is 3. The molecule has 0 aliphatic carbocycles. The van der Waals surface area contributed by atoms with E-state index < -0.39 is 5.97 Å². The SMILES string of the molecule is CCC(C(=O)O)N1CCOCC1.Cl.Cl. The van der Waals surface area contributed by atoms with E-state index in [0.29, 0.717) is 19.6 Å². The molecule has 0 aromatic carbocycles. The molecule has 0 bridgehead atoms. The Bertz CT molecular complexity index is 163. The Balaban J connectivity index is 0. The van der Waals surface area contributed by atoms with Crippen LogP contribution in [0.2, 0.25) is 0 Å². The van der Waals surface area contributed by atoms with Crippen LogP contribution in [0.5, 0.6) is 0 Å². The fraction of sp³-hybridized carbons (Fsp3) is 0.875. The predicted molar refractivity (Wildman–Crippen MR) is 58.6 cm³/mol. The summed E-state index contributed by atoms with van der Waals surface area (Å²) in [5, 5.41) is 8.84. The summed E-state index contributed by atoms with van der Waals surface area (Å²) in [7, 11) is 0. The third kappa shape index (κ3) is 4.46. The maximum Gasteiger partial charge on any atom is 0.320 e. The van der Waals surface area contributed by atoms with Gasteiger partial charge in [-0.25, -0.2) is 0 Å². The molecule has 86 valence electrons. The zero-order valence-corrected chi connectivity index (χ0v) is 9.77. The summed E-state index contributed by atoms with van der Waals surface area (Å²) < 4.78 is 5.14. The monoisotopic (exact) mass is 245 g/mol. The number of rotatable bonds is 3. The molecule has 0 aromatic rings. The van der Waals surface area contributed by atoms with Gasteiger partial charge in [-0.3, -0.25) is 9.69 Å². The summed E-state index contributed by atoms with van der Waals surface area (Å²) in [6.07, 6.45) is 0.662. The van der Waals surface area contributed by atoms with Crippen LogP contribution in [-0.4, -0.2) is 48.3 Å². The molecule has 1 N–H and O–H groups in total. The van der Waals surface area contributed by atoms with Crippen molar-refractivity contribution in [1.29, 1.82) is 0 Å². The Hall–Kier alpha value is -0.0300. The van der Waals surface area contributed by atoms with Gasteiger partial charge in [0.15, 0.2) is 0 Å². The van der Waals surface area contributed by atoms with Crippen LogP contribution >= 0.6 is 24.8 Å². The smallest absolute Gasteiger partial charge is 0.320 e. The zero-order chi connectivity index (χ0) is 8.97. The first kappa shape index (κ1) is 16.4. The largest absolute Gasteiger partial charge is 0.480 e. The highest BCUT2D eigenvalue weighted by molar-refractivity contribution is 5.85. The molecule has 0 radical (unpaired) electrons. The van der Waals surface area contributed by atoms with Crippen LogP contribution in [-0.2, 0) is 9.53 Å². The van der Waals surface area contributed by atoms with Crippen molar-refractivity contribution in [2.24, 2.45) is 0 Å². The molecule has 1 atom stereocenters. The van der Waals surface area contributed by atoms with Gasteiger partial charge in [-0.1, -0.05) is 6.92 Å². The van der Waals surface area contributed by atoms with Crippen molar-refractivity contribution in [2.75, 3.05) is 26.3 Å². The second kappa shape index (κ2) is 8.29. The number of ether oxygens (including phenoxy) is 1. The zero-order valence-electron chi connectivity index (χ0n) is 8.14. The van der Waals surface area contributed by atoms with E-state index in [1.165, 1.54) is 0 Å². The Morgan fingerprint density at radius 3 is 2.29 bits per heavy atom. The van der Waals surface area contributed by atoms with E-state index in [9.17, 15) is 4.79 Å². The summed E-state index contributed by atoms with van der Waals surface area (Å²) in [4.78, 5) is 12.7. The molecule has 0 aromatic heterocycles. The molecule has 6 heteroatoms. The van der Waals surface area contributed by atoms with Crippen molar-refractivity contribution >= 4 is 30.8 Å². The summed E-state index contributed by atoms with van der Waals surface area (Å²) in [6, 6.07) is -0.325. The van der Waals surface area contributed by atoms with Gasteiger partial charge in [-0.05, 0) is 6.42 Å². The molecule has 1 unspecified atom stereocenters. The number of nitrogens with zero attached hydrogens (tertiary/aromatic N) is 1. The quantitative estimate of drug-likeness (QED) is 0.807. The van der Waals surface area contributed by atoms with Crippen LogP contribution < -0.4 is 0 Å². The van der Waals surface area contributed by atoms with Crippen molar-refractivity contribution < 1.29 is 14.6 Å². The maximum atomic E-state index is 10.7.